The van der Waals surface area contributed by atoms with Gasteiger partial charge in [0, 0.05) is 31.6 Å². The number of nitrogens with one attached hydrogen (secondary N) is 2. The topological polar surface area (TPSA) is 143 Å². The van der Waals surface area contributed by atoms with Crippen LogP contribution in [-0.4, -0.2) is 85.1 Å². The number of nitrogens with zero attached hydrogens (tertiary/aromatic N) is 1. The zero-order valence-electron chi connectivity index (χ0n) is 17.1. The highest BCUT2D eigenvalue weighted by molar-refractivity contribution is 5.87. The summed E-state index contributed by atoms with van der Waals surface area (Å²) in [5, 5.41) is 14.9. The van der Waals surface area contributed by atoms with Gasteiger partial charge in [-0.1, -0.05) is 6.08 Å². The van der Waals surface area contributed by atoms with Gasteiger partial charge in [-0.15, -0.1) is 0 Å². The van der Waals surface area contributed by atoms with Gasteiger partial charge in [-0.2, -0.15) is 0 Å². The number of piperidine rings is 1. The zero-order chi connectivity index (χ0) is 21.4. The van der Waals surface area contributed by atoms with Crippen LogP contribution in [0.1, 0.15) is 33.1 Å². The number of rotatable bonds is 8. The number of alkyl carbamates (subject to hydrolysis) is 1. The van der Waals surface area contributed by atoms with Gasteiger partial charge in [0.05, 0.1) is 31.4 Å². The Kier molecular flexibility index (Phi) is 8.87. The molecule has 10 heteroatoms. The van der Waals surface area contributed by atoms with Crippen LogP contribution in [0.15, 0.2) is 11.6 Å². The number of carbonyl (C=O) groups excluding carboxylic acids is 2. The standard InChI is InChI=1S/C19H32N4O6/c1-3-28-19(27)21-6-8-29-14-5-4-7-23(11-14)16-10-13(18(25)26)9-15(20)17(16)22-12(2)24/h10,14-17H,3-9,11,20H2,1-2H3,(H,21,27)(H,22,24)(H,25,26)/t14-,15-,16+,17+/m0/s1. The largest absolute Gasteiger partial charge is 0.478 e. The minimum absolute atomic E-state index is 0.0504. The lowest BCUT2D eigenvalue weighted by Crippen LogP contribution is -2.62. The Bertz CT molecular complexity index is 626. The van der Waals surface area contributed by atoms with E-state index in [1.807, 2.05) is 0 Å². The fourth-order valence-corrected chi connectivity index (χ4v) is 3.86. The minimum atomic E-state index is -0.985. The maximum atomic E-state index is 11.6. The third-order valence-corrected chi connectivity index (χ3v) is 5.13. The molecule has 0 aromatic heterocycles. The van der Waals surface area contributed by atoms with Gasteiger partial charge in [0.15, 0.2) is 0 Å². The number of aliphatic carboxylic acids is 1. The maximum Gasteiger partial charge on any atom is 0.407 e. The third kappa shape index (κ3) is 6.98. The highest BCUT2D eigenvalue weighted by Gasteiger charge is 2.38. The van der Waals surface area contributed by atoms with E-state index in [0.29, 0.717) is 26.3 Å². The number of nitrogens with two attached hydrogens (primary N) is 1. The van der Waals surface area contributed by atoms with E-state index in [2.05, 4.69) is 15.5 Å². The van der Waals surface area contributed by atoms with Crippen molar-refractivity contribution in [3.05, 3.63) is 11.6 Å². The lowest BCUT2D eigenvalue weighted by Gasteiger charge is -2.44. The number of carboxylic acids is 1. The second-order valence-corrected chi connectivity index (χ2v) is 7.36. The minimum Gasteiger partial charge on any atom is -0.478 e. The molecule has 164 valence electrons. The lowest BCUT2D eigenvalue weighted by atomic mass is 9.85. The van der Waals surface area contributed by atoms with E-state index in [1.54, 1.807) is 13.0 Å². The molecule has 2 rings (SSSR count). The molecule has 4 atom stereocenters. The smallest absolute Gasteiger partial charge is 0.407 e. The maximum absolute atomic E-state index is 11.6. The second-order valence-electron chi connectivity index (χ2n) is 7.36. The molecule has 5 N–H and O–H groups in total. The summed E-state index contributed by atoms with van der Waals surface area (Å²) < 4.78 is 10.7. The molecule has 0 aromatic carbocycles. The zero-order valence-corrected chi connectivity index (χ0v) is 17.1. The summed E-state index contributed by atoms with van der Waals surface area (Å²) in [6, 6.07) is -1.15. The molecule has 2 amide bonds. The number of amides is 2. The molecule has 0 bridgehead atoms. The van der Waals surface area contributed by atoms with E-state index >= 15 is 0 Å². The van der Waals surface area contributed by atoms with Crippen LogP contribution in [0.25, 0.3) is 0 Å². The molecule has 29 heavy (non-hydrogen) atoms. The van der Waals surface area contributed by atoms with Crippen molar-refractivity contribution < 1.29 is 29.0 Å². The van der Waals surface area contributed by atoms with Crippen molar-refractivity contribution in [1.29, 1.82) is 0 Å². The van der Waals surface area contributed by atoms with Crippen molar-refractivity contribution in [2.75, 3.05) is 32.8 Å². The number of hydrogen-bond donors (Lipinski definition) is 4. The summed E-state index contributed by atoms with van der Waals surface area (Å²) in [6.45, 7) is 5.54. The number of hydrogen-bond acceptors (Lipinski definition) is 7. The highest BCUT2D eigenvalue weighted by atomic mass is 16.5. The predicted octanol–water partition coefficient (Wildman–Crippen LogP) is -0.171. The van der Waals surface area contributed by atoms with Crippen LogP contribution in [0.4, 0.5) is 4.79 Å². The first kappa shape index (κ1) is 23.1. The van der Waals surface area contributed by atoms with E-state index in [0.717, 1.165) is 19.4 Å². The molecule has 0 spiro atoms. The number of likely N-dealkylation sites (tertiary alicyclic amines) is 1. The van der Waals surface area contributed by atoms with Gasteiger partial charge in [-0.05, 0) is 32.7 Å². The average Bonchev–Trinajstić information content (AvgIpc) is 2.66. The van der Waals surface area contributed by atoms with Crippen LogP contribution in [-0.2, 0) is 19.1 Å². The second kappa shape index (κ2) is 11.1. The molecule has 1 fully saturated rings. The molecule has 1 aliphatic heterocycles. The summed E-state index contributed by atoms with van der Waals surface area (Å²) >= 11 is 0. The van der Waals surface area contributed by atoms with Crippen molar-refractivity contribution >= 4 is 18.0 Å². The first-order valence-electron chi connectivity index (χ1n) is 10.0. The van der Waals surface area contributed by atoms with Gasteiger partial charge in [-0.3, -0.25) is 9.69 Å². The average molecular weight is 412 g/mol. The quantitative estimate of drug-likeness (QED) is 0.402. The van der Waals surface area contributed by atoms with Crippen molar-refractivity contribution in [3.63, 3.8) is 0 Å². The van der Waals surface area contributed by atoms with E-state index in [1.165, 1.54) is 6.92 Å². The Balaban J connectivity index is 1.98. The van der Waals surface area contributed by atoms with Crippen molar-refractivity contribution in [2.45, 2.75) is 57.3 Å². The molecule has 1 saturated heterocycles. The summed E-state index contributed by atoms with van der Waals surface area (Å²) in [7, 11) is 0. The molecule has 0 unspecified atom stereocenters. The third-order valence-electron chi connectivity index (χ3n) is 5.13. The van der Waals surface area contributed by atoms with Gasteiger partial charge >= 0.3 is 12.1 Å². The van der Waals surface area contributed by atoms with Crippen LogP contribution in [0.3, 0.4) is 0 Å². The highest BCUT2D eigenvalue weighted by Crippen LogP contribution is 2.26. The van der Waals surface area contributed by atoms with Gasteiger partial charge in [0.1, 0.15) is 0 Å². The van der Waals surface area contributed by atoms with Crippen LogP contribution in [0.2, 0.25) is 0 Å². The molecule has 2 aliphatic rings. The Morgan fingerprint density at radius 1 is 1.38 bits per heavy atom. The normalized spacial score (nSPS) is 27.6. The first-order valence-corrected chi connectivity index (χ1v) is 10.0. The van der Waals surface area contributed by atoms with Gasteiger partial charge in [0.25, 0.3) is 0 Å². The molecule has 1 aliphatic carbocycles. The molecule has 0 saturated carbocycles. The molecule has 0 aromatic rings. The van der Waals surface area contributed by atoms with Gasteiger partial charge in [0.2, 0.25) is 5.91 Å². The van der Waals surface area contributed by atoms with E-state index < -0.39 is 18.1 Å². The summed E-state index contributed by atoms with van der Waals surface area (Å²) in [6.07, 6.45) is 3.15. The van der Waals surface area contributed by atoms with Gasteiger partial charge in [-0.25, -0.2) is 9.59 Å². The Morgan fingerprint density at radius 2 is 2.14 bits per heavy atom. The molecule has 1 heterocycles. The fraction of sp³-hybridized carbons (Fsp3) is 0.737. The number of carboxylic acid groups (broad SMARTS) is 1. The van der Waals surface area contributed by atoms with E-state index in [-0.39, 0.29) is 36.1 Å². The monoisotopic (exact) mass is 412 g/mol. The van der Waals surface area contributed by atoms with E-state index in [4.69, 9.17) is 15.2 Å². The van der Waals surface area contributed by atoms with Crippen molar-refractivity contribution in [3.8, 4) is 0 Å². The lowest BCUT2D eigenvalue weighted by molar-refractivity contribution is -0.133. The summed E-state index contributed by atoms with van der Waals surface area (Å²) in [5.41, 5.74) is 6.48. The molecular weight excluding hydrogens is 380 g/mol. The fourth-order valence-electron chi connectivity index (χ4n) is 3.86. The molecule has 0 radical (unpaired) electrons. The Morgan fingerprint density at radius 3 is 2.79 bits per heavy atom. The molecule has 10 nitrogen and oxygen atoms in total. The Labute approximate surface area is 170 Å². The predicted molar refractivity (Wildman–Crippen MR) is 105 cm³/mol. The van der Waals surface area contributed by atoms with Gasteiger partial charge < -0.3 is 30.9 Å². The SMILES string of the molecule is CCOC(=O)NCCO[C@H]1CCCN([C@@H]2C=C(C(=O)O)C[C@H](N)[C@H]2NC(C)=O)C1. The first-order chi connectivity index (χ1) is 13.8. The van der Waals surface area contributed by atoms with Crippen molar-refractivity contribution in [2.24, 2.45) is 5.73 Å². The Hall–Kier alpha value is -2.17. The number of ether oxygens (including phenoxy) is 2. The van der Waals surface area contributed by atoms with Crippen LogP contribution >= 0.6 is 0 Å². The van der Waals surface area contributed by atoms with E-state index in [9.17, 15) is 19.5 Å². The number of carbonyl (C=O) groups is 3. The van der Waals surface area contributed by atoms with Crippen LogP contribution in [0, 0.1) is 0 Å². The molecular formula is C19H32N4O6. The van der Waals surface area contributed by atoms with Crippen LogP contribution in [0.5, 0.6) is 0 Å². The van der Waals surface area contributed by atoms with Crippen molar-refractivity contribution in [1.82, 2.24) is 15.5 Å². The summed E-state index contributed by atoms with van der Waals surface area (Å²) in [4.78, 5) is 36.6. The van der Waals surface area contributed by atoms with Crippen LogP contribution < -0.4 is 16.4 Å². The summed E-state index contributed by atoms with van der Waals surface area (Å²) in [5.74, 6) is -1.18.